The zero-order valence-electron chi connectivity index (χ0n) is 14.5. The third-order valence-corrected chi connectivity index (χ3v) is 3.50. The highest BCUT2D eigenvalue weighted by Gasteiger charge is 2.01. The molecule has 26 heavy (non-hydrogen) atoms. The predicted octanol–water partition coefficient (Wildman–Crippen LogP) is 4.15. The van der Waals surface area contributed by atoms with Gasteiger partial charge in [0, 0.05) is 6.08 Å². The van der Waals surface area contributed by atoms with Crippen molar-refractivity contribution in [3.63, 3.8) is 0 Å². The summed E-state index contributed by atoms with van der Waals surface area (Å²) < 4.78 is 10.1. The molecule has 0 heterocycles. The summed E-state index contributed by atoms with van der Waals surface area (Å²) in [5.41, 5.74) is 1.56. The summed E-state index contributed by atoms with van der Waals surface area (Å²) in [5, 5.41) is 19.4. The first kappa shape index (κ1) is 18.9. The largest absolute Gasteiger partial charge is 0.508 e. The molecule has 0 radical (unpaired) electrons. The lowest BCUT2D eigenvalue weighted by atomic mass is 10.1. The Kier molecular flexibility index (Phi) is 6.62. The minimum atomic E-state index is -0.341. The van der Waals surface area contributed by atoms with E-state index in [0.29, 0.717) is 11.3 Å². The molecule has 0 atom stereocenters. The summed E-state index contributed by atoms with van der Waals surface area (Å²) in [6.07, 6.45) is 7.14. The summed E-state index contributed by atoms with van der Waals surface area (Å²) >= 11 is 0. The number of methoxy groups -OCH3 is 2. The van der Waals surface area contributed by atoms with Gasteiger partial charge in [0.25, 0.3) is 0 Å². The van der Waals surface area contributed by atoms with Crippen molar-refractivity contribution in [3.05, 3.63) is 77.6 Å². The molecule has 0 aromatic heterocycles. The second-order valence-electron chi connectivity index (χ2n) is 5.34. The molecule has 2 aromatic carbocycles. The summed E-state index contributed by atoms with van der Waals surface area (Å²) in [4.78, 5) is 11.9. The maximum Gasteiger partial charge on any atom is 0.182 e. The zero-order valence-corrected chi connectivity index (χ0v) is 14.5. The summed E-state index contributed by atoms with van der Waals surface area (Å²) in [7, 11) is 3.04. The zero-order chi connectivity index (χ0) is 18.9. The summed E-state index contributed by atoms with van der Waals surface area (Å²) in [6, 6.07) is 12.0. The van der Waals surface area contributed by atoms with Gasteiger partial charge in [-0.15, -0.1) is 0 Å². The Morgan fingerprint density at radius 2 is 1.58 bits per heavy atom. The molecule has 0 saturated heterocycles. The number of phenolic OH excluding ortho intramolecular Hbond substituents is 1. The minimum Gasteiger partial charge on any atom is -0.508 e. The van der Waals surface area contributed by atoms with Gasteiger partial charge in [0.2, 0.25) is 0 Å². The van der Waals surface area contributed by atoms with Gasteiger partial charge in [-0.05, 0) is 47.5 Å². The molecular weight excluding hydrogens is 332 g/mol. The lowest BCUT2D eigenvalue weighted by molar-refractivity contribution is -0.110. The molecule has 0 saturated carbocycles. The van der Waals surface area contributed by atoms with Crippen molar-refractivity contribution in [2.45, 2.75) is 0 Å². The van der Waals surface area contributed by atoms with Crippen LogP contribution >= 0.6 is 0 Å². The molecule has 0 aliphatic carbocycles. The van der Waals surface area contributed by atoms with E-state index in [2.05, 4.69) is 0 Å². The molecule has 2 N–H and O–H groups in total. The van der Waals surface area contributed by atoms with E-state index in [1.165, 1.54) is 25.3 Å². The number of hydrogen-bond donors (Lipinski definition) is 2. The van der Waals surface area contributed by atoms with Crippen LogP contribution in [0.5, 0.6) is 17.2 Å². The van der Waals surface area contributed by atoms with Gasteiger partial charge in [0.15, 0.2) is 17.3 Å². The smallest absolute Gasteiger partial charge is 0.182 e. The van der Waals surface area contributed by atoms with E-state index < -0.39 is 0 Å². The summed E-state index contributed by atoms with van der Waals surface area (Å²) in [6.45, 7) is 0. The number of carbonyl (C=O) groups excluding carboxylic acids is 1. The van der Waals surface area contributed by atoms with E-state index in [1.54, 1.807) is 43.5 Å². The fraction of sp³-hybridized carbons (Fsp3) is 0.0952. The van der Waals surface area contributed by atoms with Crippen LogP contribution in [0.15, 0.2) is 66.5 Å². The summed E-state index contributed by atoms with van der Waals surface area (Å²) in [5.74, 6) is 0.576. The highest BCUT2D eigenvalue weighted by molar-refractivity contribution is 6.02. The van der Waals surface area contributed by atoms with Crippen molar-refractivity contribution >= 4 is 17.9 Å². The number of aromatic hydroxyl groups is 1. The Hall–Kier alpha value is -3.47. The van der Waals surface area contributed by atoms with Gasteiger partial charge in [-0.25, -0.2) is 0 Å². The van der Waals surface area contributed by atoms with Crippen LogP contribution in [0.4, 0.5) is 0 Å². The molecule has 5 nitrogen and oxygen atoms in total. The van der Waals surface area contributed by atoms with Crippen molar-refractivity contribution in [3.8, 4) is 17.2 Å². The maximum atomic E-state index is 11.9. The van der Waals surface area contributed by atoms with Gasteiger partial charge in [-0.1, -0.05) is 30.4 Å². The van der Waals surface area contributed by atoms with Gasteiger partial charge in [0.05, 0.1) is 14.2 Å². The number of ketones is 1. The van der Waals surface area contributed by atoms with E-state index in [9.17, 15) is 15.0 Å². The van der Waals surface area contributed by atoms with Crippen LogP contribution in [-0.4, -0.2) is 30.2 Å². The van der Waals surface area contributed by atoms with Crippen LogP contribution in [0.25, 0.3) is 12.2 Å². The normalized spacial score (nSPS) is 11.8. The van der Waals surface area contributed by atoms with Gasteiger partial charge in [-0.2, -0.15) is 0 Å². The van der Waals surface area contributed by atoms with Crippen LogP contribution in [0.2, 0.25) is 0 Å². The van der Waals surface area contributed by atoms with Crippen molar-refractivity contribution in [1.82, 2.24) is 0 Å². The van der Waals surface area contributed by atoms with Gasteiger partial charge in [-0.3, -0.25) is 4.79 Å². The first-order valence-electron chi connectivity index (χ1n) is 7.83. The Labute approximate surface area is 152 Å². The van der Waals surface area contributed by atoms with E-state index in [0.717, 1.165) is 17.4 Å². The number of phenols is 1. The number of benzene rings is 2. The Bertz CT molecular complexity index is 845. The number of aliphatic hydroxyl groups excluding tert-OH is 1. The second kappa shape index (κ2) is 9.13. The maximum absolute atomic E-state index is 11.9. The minimum absolute atomic E-state index is 0.0308. The average molecular weight is 352 g/mol. The van der Waals surface area contributed by atoms with E-state index >= 15 is 0 Å². The lowest BCUT2D eigenvalue weighted by Crippen LogP contribution is -1.89. The standard InChI is InChI=1S/C21H20O5/c1-25-19-10-5-15(6-11-19)3-8-17(22)14-18(23)9-4-16-7-12-20(24)21(13-16)26-2/h3-14,23-24H,1-2H3/b8-3+,9-4+,18-14-. The Morgan fingerprint density at radius 1 is 0.923 bits per heavy atom. The van der Waals surface area contributed by atoms with Crippen LogP contribution < -0.4 is 9.47 Å². The second-order valence-corrected chi connectivity index (χ2v) is 5.34. The molecule has 0 spiro atoms. The molecule has 5 heteroatoms. The fourth-order valence-electron chi connectivity index (χ4n) is 2.11. The van der Waals surface area contributed by atoms with Crippen LogP contribution in [0, 0.1) is 0 Å². The molecule has 0 aliphatic rings. The average Bonchev–Trinajstić information content (AvgIpc) is 2.66. The first-order chi connectivity index (χ1) is 12.5. The molecule has 0 aliphatic heterocycles. The van der Waals surface area contributed by atoms with Crippen molar-refractivity contribution in [1.29, 1.82) is 0 Å². The molecular formula is C21H20O5. The van der Waals surface area contributed by atoms with Gasteiger partial charge < -0.3 is 19.7 Å². The fourth-order valence-corrected chi connectivity index (χ4v) is 2.11. The number of carbonyl (C=O) groups is 1. The first-order valence-corrected chi connectivity index (χ1v) is 7.83. The van der Waals surface area contributed by atoms with E-state index in [1.807, 2.05) is 12.1 Å². The van der Waals surface area contributed by atoms with Crippen molar-refractivity contribution in [2.24, 2.45) is 0 Å². The number of allylic oxidation sites excluding steroid dienone is 3. The number of aliphatic hydroxyl groups is 1. The monoisotopic (exact) mass is 352 g/mol. The van der Waals surface area contributed by atoms with E-state index in [-0.39, 0.29) is 17.3 Å². The molecule has 0 unspecified atom stereocenters. The third kappa shape index (κ3) is 5.56. The molecule has 134 valence electrons. The molecule has 2 rings (SSSR count). The van der Waals surface area contributed by atoms with Crippen LogP contribution in [-0.2, 0) is 4.79 Å². The topological polar surface area (TPSA) is 76.0 Å². The van der Waals surface area contributed by atoms with Crippen molar-refractivity contribution in [2.75, 3.05) is 14.2 Å². The molecule has 0 amide bonds. The molecule has 2 aromatic rings. The SMILES string of the molecule is COc1ccc(/C=C/C(=O)/C=C(O)/C=C/c2ccc(O)c(OC)c2)cc1. The lowest BCUT2D eigenvalue weighted by Gasteiger charge is -2.03. The number of hydrogen-bond acceptors (Lipinski definition) is 5. The van der Waals surface area contributed by atoms with Crippen LogP contribution in [0.1, 0.15) is 11.1 Å². The quantitative estimate of drug-likeness (QED) is 0.445. The van der Waals surface area contributed by atoms with Gasteiger partial charge in [0.1, 0.15) is 11.5 Å². The number of rotatable bonds is 7. The van der Waals surface area contributed by atoms with Crippen molar-refractivity contribution < 1.29 is 24.5 Å². The van der Waals surface area contributed by atoms with Crippen LogP contribution in [0.3, 0.4) is 0 Å². The third-order valence-electron chi connectivity index (χ3n) is 3.50. The number of ether oxygens (including phenoxy) is 2. The Balaban J connectivity index is 2.01. The highest BCUT2D eigenvalue weighted by Crippen LogP contribution is 2.26. The molecule has 0 fully saturated rings. The Morgan fingerprint density at radius 3 is 2.23 bits per heavy atom. The van der Waals surface area contributed by atoms with Gasteiger partial charge >= 0.3 is 0 Å². The molecule has 0 bridgehead atoms. The predicted molar refractivity (Wildman–Crippen MR) is 101 cm³/mol. The van der Waals surface area contributed by atoms with E-state index in [4.69, 9.17) is 9.47 Å². The highest BCUT2D eigenvalue weighted by atomic mass is 16.5.